The van der Waals surface area contributed by atoms with Gasteiger partial charge in [-0.1, -0.05) is 18.2 Å². The van der Waals surface area contributed by atoms with E-state index in [0.29, 0.717) is 17.1 Å². The summed E-state index contributed by atoms with van der Waals surface area (Å²) < 4.78 is 13.1. The number of nitrogens with zero attached hydrogens (tertiary/aromatic N) is 2. The first-order valence-corrected chi connectivity index (χ1v) is 8.58. The van der Waals surface area contributed by atoms with Crippen molar-refractivity contribution in [3.8, 4) is 10.6 Å². The molecule has 0 fully saturated rings. The Morgan fingerprint density at radius 2 is 1.92 bits per heavy atom. The molecule has 24 heavy (non-hydrogen) atoms. The van der Waals surface area contributed by atoms with Crippen LogP contribution in [0.15, 0.2) is 48.5 Å². The lowest BCUT2D eigenvalue weighted by molar-refractivity contribution is 0.0992. The molecule has 0 unspecified atom stereocenters. The van der Waals surface area contributed by atoms with Crippen molar-refractivity contribution in [2.45, 2.75) is 13.3 Å². The second kappa shape index (κ2) is 5.83. The first kappa shape index (κ1) is 15.0. The van der Waals surface area contributed by atoms with Crippen LogP contribution in [0.5, 0.6) is 0 Å². The molecule has 0 saturated heterocycles. The number of benzene rings is 2. The van der Waals surface area contributed by atoms with Gasteiger partial charge >= 0.3 is 0 Å². The Morgan fingerprint density at radius 3 is 2.71 bits per heavy atom. The van der Waals surface area contributed by atoms with E-state index in [2.05, 4.69) is 11.1 Å². The summed E-state index contributed by atoms with van der Waals surface area (Å²) >= 11 is 1.36. The zero-order valence-corrected chi connectivity index (χ0v) is 13.9. The van der Waals surface area contributed by atoms with Crippen LogP contribution in [-0.4, -0.2) is 17.4 Å². The van der Waals surface area contributed by atoms with E-state index >= 15 is 0 Å². The summed E-state index contributed by atoms with van der Waals surface area (Å²) in [7, 11) is 0. The van der Waals surface area contributed by atoms with Gasteiger partial charge in [-0.15, -0.1) is 11.3 Å². The van der Waals surface area contributed by atoms with E-state index in [1.54, 1.807) is 12.1 Å². The normalized spacial score (nSPS) is 13.2. The number of hydrogen-bond donors (Lipinski definition) is 0. The molecule has 0 saturated carbocycles. The standard InChI is InChI=1S/C19H15FN2OS/c1-12-17(24-18(21-12)14-6-8-15(20)9-7-14)19(23)22-11-10-13-4-2-3-5-16(13)22/h2-9H,10-11H2,1H3. The van der Waals surface area contributed by atoms with Crippen LogP contribution in [0.3, 0.4) is 0 Å². The maximum absolute atomic E-state index is 13.1. The van der Waals surface area contributed by atoms with Gasteiger partial charge in [0.05, 0.1) is 5.69 Å². The number of halogens is 1. The monoisotopic (exact) mass is 338 g/mol. The Labute approximate surface area is 143 Å². The van der Waals surface area contributed by atoms with E-state index in [1.165, 1.54) is 29.0 Å². The second-order valence-electron chi connectivity index (χ2n) is 5.78. The van der Waals surface area contributed by atoms with Crippen molar-refractivity contribution >= 4 is 22.9 Å². The lowest BCUT2D eigenvalue weighted by atomic mass is 10.2. The fraction of sp³-hybridized carbons (Fsp3) is 0.158. The van der Waals surface area contributed by atoms with Crippen molar-refractivity contribution in [2.24, 2.45) is 0 Å². The molecule has 1 amide bonds. The molecular formula is C19H15FN2OS. The second-order valence-corrected chi connectivity index (χ2v) is 6.78. The highest BCUT2D eigenvalue weighted by atomic mass is 32.1. The molecule has 0 N–H and O–H groups in total. The van der Waals surface area contributed by atoms with Crippen molar-refractivity contribution in [3.63, 3.8) is 0 Å². The van der Waals surface area contributed by atoms with Crippen molar-refractivity contribution in [1.29, 1.82) is 0 Å². The van der Waals surface area contributed by atoms with Gasteiger partial charge in [0.2, 0.25) is 0 Å². The van der Waals surface area contributed by atoms with Crippen LogP contribution in [0.2, 0.25) is 0 Å². The highest BCUT2D eigenvalue weighted by Gasteiger charge is 2.28. The Balaban J connectivity index is 1.68. The van der Waals surface area contributed by atoms with E-state index in [-0.39, 0.29) is 11.7 Å². The van der Waals surface area contributed by atoms with Gasteiger partial charge in [-0.2, -0.15) is 0 Å². The predicted octanol–water partition coefficient (Wildman–Crippen LogP) is 4.46. The number of thiazole rings is 1. The van der Waals surface area contributed by atoms with Gasteiger partial charge in [-0.05, 0) is 49.2 Å². The molecular weight excluding hydrogens is 323 g/mol. The predicted molar refractivity (Wildman–Crippen MR) is 94.1 cm³/mol. The topological polar surface area (TPSA) is 33.2 Å². The third-order valence-electron chi connectivity index (χ3n) is 4.21. The summed E-state index contributed by atoms with van der Waals surface area (Å²) in [5, 5.41) is 0.739. The molecule has 1 aliphatic heterocycles. The van der Waals surface area contributed by atoms with Crippen LogP contribution in [0.4, 0.5) is 10.1 Å². The molecule has 4 rings (SSSR count). The SMILES string of the molecule is Cc1nc(-c2ccc(F)cc2)sc1C(=O)N1CCc2ccccc21. The van der Waals surface area contributed by atoms with Crippen LogP contribution in [0, 0.1) is 12.7 Å². The molecule has 2 aromatic carbocycles. The number of carbonyl (C=O) groups excluding carboxylic acids is 1. The summed E-state index contributed by atoms with van der Waals surface area (Å²) in [4.78, 5) is 19.9. The molecule has 0 aliphatic carbocycles. The molecule has 0 atom stereocenters. The third kappa shape index (κ3) is 2.51. The summed E-state index contributed by atoms with van der Waals surface area (Å²) in [6.45, 7) is 2.54. The zero-order chi connectivity index (χ0) is 16.7. The fourth-order valence-electron chi connectivity index (χ4n) is 2.98. The number of carbonyl (C=O) groups is 1. The van der Waals surface area contributed by atoms with Gasteiger partial charge in [0.25, 0.3) is 5.91 Å². The number of aromatic nitrogens is 1. The highest BCUT2D eigenvalue weighted by molar-refractivity contribution is 7.17. The number of fused-ring (bicyclic) bond motifs is 1. The third-order valence-corrected chi connectivity index (χ3v) is 5.41. The molecule has 0 radical (unpaired) electrons. The summed E-state index contributed by atoms with van der Waals surface area (Å²) in [5.41, 5.74) is 3.73. The van der Waals surface area contributed by atoms with Gasteiger partial charge in [-0.3, -0.25) is 4.79 Å². The minimum atomic E-state index is -0.281. The highest BCUT2D eigenvalue weighted by Crippen LogP contribution is 2.33. The van der Waals surface area contributed by atoms with Crippen LogP contribution in [0.25, 0.3) is 10.6 Å². The molecule has 120 valence electrons. The van der Waals surface area contributed by atoms with Crippen LogP contribution < -0.4 is 4.90 Å². The zero-order valence-electron chi connectivity index (χ0n) is 13.1. The first-order valence-electron chi connectivity index (χ1n) is 7.76. The summed E-state index contributed by atoms with van der Waals surface area (Å²) in [6, 6.07) is 14.2. The number of hydrogen-bond acceptors (Lipinski definition) is 3. The molecule has 3 nitrogen and oxygen atoms in total. The van der Waals surface area contributed by atoms with Crippen LogP contribution >= 0.6 is 11.3 Å². The molecule has 0 bridgehead atoms. The largest absolute Gasteiger partial charge is 0.307 e. The molecule has 5 heteroatoms. The fourth-order valence-corrected chi connectivity index (χ4v) is 4.00. The van der Waals surface area contributed by atoms with Gasteiger partial charge in [0, 0.05) is 17.8 Å². The van der Waals surface area contributed by atoms with Gasteiger partial charge in [-0.25, -0.2) is 9.37 Å². The van der Waals surface area contributed by atoms with Gasteiger partial charge < -0.3 is 4.90 Å². The molecule has 1 aromatic heterocycles. The van der Waals surface area contributed by atoms with Crippen molar-refractivity contribution in [2.75, 3.05) is 11.4 Å². The van der Waals surface area contributed by atoms with E-state index < -0.39 is 0 Å². The minimum absolute atomic E-state index is 0.0108. The van der Waals surface area contributed by atoms with E-state index in [0.717, 1.165) is 22.7 Å². The maximum Gasteiger partial charge on any atom is 0.270 e. The minimum Gasteiger partial charge on any atom is -0.307 e. The Bertz CT molecular complexity index is 917. The Hall–Kier alpha value is -2.53. The number of amides is 1. The Morgan fingerprint density at radius 1 is 1.17 bits per heavy atom. The van der Waals surface area contributed by atoms with Crippen LogP contribution in [-0.2, 0) is 6.42 Å². The molecule has 3 aromatic rings. The molecule has 0 spiro atoms. The quantitative estimate of drug-likeness (QED) is 0.691. The number of aryl methyl sites for hydroxylation is 1. The lowest BCUT2D eigenvalue weighted by Crippen LogP contribution is -2.28. The number of anilines is 1. The number of para-hydroxylation sites is 1. The van der Waals surface area contributed by atoms with E-state index in [4.69, 9.17) is 0 Å². The molecule has 2 heterocycles. The van der Waals surface area contributed by atoms with Gasteiger partial charge in [0.1, 0.15) is 15.7 Å². The van der Waals surface area contributed by atoms with Crippen molar-refractivity contribution in [3.05, 3.63) is 70.5 Å². The summed E-state index contributed by atoms with van der Waals surface area (Å²) in [6.07, 6.45) is 0.880. The average molecular weight is 338 g/mol. The molecule has 1 aliphatic rings. The van der Waals surface area contributed by atoms with Crippen molar-refractivity contribution in [1.82, 2.24) is 4.98 Å². The first-order chi connectivity index (χ1) is 11.6. The van der Waals surface area contributed by atoms with Crippen molar-refractivity contribution < 1.29 is 9.18 Å². The average Bonchev–Trinajstić information content (AvgIpc) is 3.19. The summed E-state index contributed by atoms with van der Waals surface area (Å²) in [5.74, 6) is -0.291. The smallest absolute Gasteiger partial charge is 0.270 e. The Kier molecular flexibility index (Phi) is 3.65. The van der Waals surface area contributed by atoms with Gasteiger partial charge in [0.15, 0.2) is 0 Å². The number of rotatable bonds is 2. The van der Waals surface area contributed by atoms with E-state index in [9.17, 15) is 9.18 Å². The maximum atomic E-state index is 13.1. The van der Waals surface area contributed by atoms with E-state index in [1.807, 2.05) is 30.0 Å². The van der Waals surface area contributed by atoms with Crippen LogP contribution in [0.1, 0.15) is 20.9 Å². The lowest BCUT2D eigenvalue weighted by Gasteiger charge is -2.16.